The molecule has 2 N–H and O–H groups in total. The number of rotatable bonds is 8. The highest BCUT2D eigenvalue weighted by Crippen LogP contribution is 2.19. The molecule has 0 bridgehead atoms. The van der Waals surface area contributed by atoms with Gasteiger partial charge in [-0.05, 0) is 49.2 Å². The molecule has 0 saturated carbocycles. The SMILES string of the molecule is COc1cccc(COC(C)C(=O)Nc2cc(C(=O)NCC(F)(F)F)ccc2C)c1. The van der Waals surface area contributed by atoms with Gasteiger partial charge in [0.15, 0.2) is 0 Å². The Kier molecular flexibility index (Phi) is 7.82. The number of nitrogens with one attached hydrogen (secondary N) is 2. The van der Waals surface area contributed by atoms with Crippen LogP contribution in [-0.2, 0) is 16.1 Å². The summed E-state index contributed by atoms with van der Waals surface area (Å²) in [6, 6.07) is 11.5. The van der Waals surface area contributed by atoms with E-state index in [9.17, 15) is 22.8 Å². The molecule has 0 aliphatic carbocycles. The van der Waals surface area contributed by atoms with E-state index in [0.717, 1.165) is 5.56 Å². The predicted molar refractivity (Wildman–Crippen MR) is 105 cm³/mol. The molecule has 162 valence electrons. The number of amides is 2. The molecule has 0 radical (unpaired) electrons. The molecule has 2 amide bonds. The first-order chi connectivity index (χ1) is 14.1. The first kappa shape index (κ1) is 23.2. The first-order valence-corrected chi connectivity index (χ1v) is 9.10. The number of carbonyl (C=O) groups is 2. The maximum Gasteiger partial charge on any atom is 0.405 e. The van der Waals surface area contributed by atoms with Crippen molar-refractivity contribution in [2.24, 2.45) is 0 Å². The van der Waals surface area contributed by atoms with Gasteiger partial charge in [0.2, 0.25) is 0 Å². The molecule has 0 aliphatic rings. The molecule has 0 aromatic heterocycles. The van der Waals surface area contributed by atoms with Crippen molar-refractivity contribution in [3.05, 3.63) is 59.2 Å². The Morgan fingerprint density at radius 2 is 1.87 bits per heavy atom. The third kappa shape index (κ3) is 7.07. The van der Waals surface area contributed by atoms with E-state index in [-0.39, 0.29) is 12.2 Å². The van der Waals surface area contributed by atoms with Crippen LogP contribution in [0.25, 0.3) is 0 Å². The molecule has 0 aliphatic heterocycles. The molecule has 2 aromatic rings. The van der Waals surface area contributed by atoms with Gasteiger partial charge in [0.25, 0.3) is 11.8 Å². The number of carbonyl (C=O) groups excluding carboxylic acids is 2. The minimum absolute atomic E-state index is 0.00472. The lowest BCUT2D eigenvalue weighted by atomic mass is 10.1. The quantitative estimate of drug-likeness (QED) is 0.675. The summed E-state index contributed by atoms with van der Waals surface area (Å²) < 4.78 is 47.6. The average Bonchev–Trinajstić information content (AvgIpc) is 2.71. The largest absolute Gasteiger partial charge is 0.497 e. The summed E-state index contributed by atoms with van der Waals surface area (Å²) in [7, 11) is 1.55. The van der Waals surface area contributed by atoms with Crippen molar-refractivity contribution < 1.29 is 32.2 Å². The second-order valence-electron chi connectivity index (χ2n) is 6.62. The van der Waals surface area contributed by atoms with Crippen LogP contribution in [0.15, 0.2) is 42.5 Å². The van der Waals surface area contributed by atoms with Crippen LogP contribution in [0.3, 0.4) is 0 Å². The van der Waals surface area contributed by atoms with Gasteiger partial charge < -0.3 is 20.1 Å². The second-order valence-corrected chi connectivity index (χ2v) is 6.62. The van der Waals surface area contributed by atoms with Crippen LogP contribution in [0.2, 0.25) is 0 Å². The predicted octanol–water partition coefficient (Wildman–Crippen LogP) is 3.84. The molecule has 6 nitrogen and oxygen atoms in total. The second kappa shape index (κ2) is 10.1. The lowest BCUT2D eigenvalue weighted by Crippen LogP contribution is -2.33. The molecule has 30 heavy (non-hydrogen) atoms. The van der Waals surface area contributed by atoms with Gasteiger partial charge in [-0.15, -0.1) is 0 Å². The Balaban J connectivity index is 1.98. The summed E-state index contributed by atoms with van der Waals surface area (Å²) in [5.74, 6) is -0.663. The van der Waals surface area contributed by atoms with Crippen molar-refractivity contribution in [2.45, 2.75) is 32.7 Å². The van der Waals surface area contributed by atoms with Crippen molar-refractivity contribution >= 4 is 17.5 Å². The van der Waals surface area contributed by atoms with Crippen LogP contribution in [0.4, 0.5) is 18.9 Å². The van der Waals surface area contributed by atoms with Crippen LogP contribution < -0.4 is 15.4 Å². The van der Waals surface area contributed by atoms with E-state index >= 15 is 0 Å². The van der Waals surface area contributed by atoms with Crippen molar-refractivity contribution in [1.29, 1.82) is 0 Å². The monoisotopic (exact) mass is 424 g/mol. The molecule has 0 spiro atoms. The Labute approximate surface area is 172 Å². The number of anilines is 1. The maximum atomic E-state index is 12.4. The van der Waals surface area contributed by atoms with Gasteiger partial charge >= 0.3 is 6.18 Å². The smallest absolute Gasteiger partial charge is 0.405 e. The van der Waals surface area contributed by atoms with Gasteiger partial charge in [-0.1, -0.05) is 18.2 Å². The Morgan fingerprint density at radius 3 is 2.53 bits per heavy atom. The zero-order chi connectivity index (χ0) is 22.3. The van der Waals surface area contributed by atoms with E-state index in [4.69, 9.17) is 9.47 Å². The van der Waals surface area contributed by atoms with Crippen molar-refractivity contribution in [1.82, 2.24) is 5.32 Å². The Morgan fingerprint density at radius 1 is 1.13 bits per heavy atom. The van der Waals surface area contributed by atoms with E-state index < -0.39 is 30.6 Å². The first-order valence-electron chi connectivity index (χ1n) is 9.10. The van der Waals surface area contributed by atoms with Gasteiger partial charge in [-0.2, -0.15) is 13.2 Å². The van der Waals surface area contributed by atoms with E-state index in [1.807, 2.05) is 6.07 Å². The summed E-state index contributed by atoms with van der Waals surface area (Å²) >= 11 is 0. The van der Waals surface area contributed by atoms with Crippen molar-refractivity contribution in [3.63, 3.8) is 0 Å². The normalized spacial score (nSPS) is 12.2. The maximum absolute atomic E-state index is 12.4. The summed E-state index contributed by atoms with van der Waals surface area (Å²) in [6.07, 6.45) is -5.31. The van der Waals surface area contributed by atoms with Crippen LogP contribution in [0.5, 0.6) is 5.75 Å². The zero-order valence-corrected chi connectivity index (χ0v) is 16.8. The molecule has 1 unspecified atom stereocenters. The summed E-state index contributed by atoms with van der Waals surface area (Å²) in [6.45, 7) is 2.03. The van der Waals surface area contributed by atoms with Gasteiger partial charge in [0.1, 0.15) is 18.4 Å². The van der Waals surface area contributed by atoms with Crippen molar-refractivity contribution in [3.8, 4) is 5.75 Å². The van der Waals surface area contributed by atoms with E-state index in [0.29, 0.717) is 17.0 Å². The van der Waals surface area contributed by atoms with E-state index in [1.165, 1.54) is 12.1 Å². The third-order valence-electron chi connectivity index (χ3n) is 4.21. The van der Waals surface area contributed by atoms with Crippen LogP contribution in [0.1, 0.15) is 28.4 Å². The van der Waals surface area contributed by atoms with Gasteiger partial charge in [-0.25, -0.2) is 0 Å². The highest BCUT2D eigenvalue weighted by Gasteiger charge is 2.28. The minimum atomic E-state index is -4.51. The summed E-state index contributed by atoms with van der Waals surface area (Å²) in [5.41, 5.74) is 1.80. The minimum Gasteiger partial charge on any atom is -0.497 e. The van der Waals surface area contributed by atoms with Crippen molar-refractivity contribution in [2.75, 3.05) is 19.0 Å². The number of hydrogen-bond donors (Lipinski definition) is 2. The standard InChI is InChI=1S/C21H23F3N2O4/c1-13-7-8-16(20(28)25-12-21(22,23)24)10-18(13)26-19(27)14(2)30-11-15-5-4-6-17(9-15)29-3/h4-10,14H,11-12H2,1-3H3,(H,25,28)(H,26,27). The van der Waals surface area contributed by atoms with E-state index in [1.54, 1.807) is 50.5 Å². The van der Waals surface area contributed by atoms with Gasteiger partial charge in [0, 0.05) is 11.3 Å². The zero-order valence-electron chi connectivity index (χ0n) is 16.8. The highest BCUT2D eigenvalue weighted by atomic mass is 19.4. The fourth-order valence-electron chi connectivity index (χ4n) is 2.47. The third-order valence-corrected chi connectivity index (χ3v) is 4.21. The fraction of sp³-hybridized carbons (Fsp3) is 0.333. The average molecular weight is 424 g/mol. The van der Waals surface area contributed by atoms with Crippen LogP contribution in [0, 0.1) is 6.92 Å². The lowest BCUT2D eigenvalue weighted by Gasteiger charge is -2.16. The Hall–Kier alpha value is -3.07. The number of ether oxygens (including phenoxy) is 2. The molecular weight excluding hydrogens is 401 g/mol. The number of aryl methyl sites for hydroxylation is 1. The number of methoxy groups -OCH3 is 1. The molecule has 2 rings (SSSR count). The summed E-state index contributed by atoms with van der Waals surface area (Å²) in [5, 5.41) is 4.44. The molecule has 0 saturated heterocycles. The number of benzene rings is 2. The molecule has 9 heteroatoms. The van der Waals surface area contributed by atoms with Gasteiger partial charge in [-0.3, -0.25) is 9.59 Å². The fourth-order valence-corrected chi connectivity index (χ4v) is 2.47. The highest BCUT2D eigenvalue weighted by molar-refractivity contribution is 5.98. The molecule has 1 atom stereocenters. The van der Waals surface area contributed by atoms with E-state index in [2.05, 4.69) is 5.32 Å². The number of halogens is 3. The lowest BCUT2D eigenvalue weighted by molar-refractivity contribution is -0.127. The molecule has 0 fully saturated rings. The molecule has 0 heterocycles. The molecular formula is C21H23F3N2O4. The topological polar surface area (TPSA) is 76.7 Å². The number of alkyl halides is 3. The summed E-state index contributed by atoms with van der Waals surface area (Å²) in [4.78, 5) is 24.4. The van der Waals surface area contributed by atoms with Crippen LogP contribution >= 0.6 is 0 Å². The van der Waals surface area contributed by atoms with Crippen LogP contribution in [-0.4, -0.2) is 37.7 Å². The number of hydrogen-bond acceptors (Lipinski definition) is 4. The molecule has 2 aromatic carbocycles. The Bertz CT molecular complexity index is 900. The van der Waals surface area contributed by atoms with Gasteiger partial charge in [0.05, 0.1) is 13.7 Å².